The molecule has 1 N–H and O–H groups in total. The van der Waals surface area contributed by atoms with Crippen molar-refractivity contribution in [1.82, 2.24) is 4.90 Å². The number of nitrogens with zero attached hydrogens (tertiary/aromatic N) is 1. The predicted molar refractivity (Wildman–Crippen MR) is 83.1 cm³/mol. The highest BCUT2D eigenvalue weighted by atomic mass is 16.6. The van der Waals surface area contributed by atoms with Gasteiger partial charge in [0.15, 0.2) is 0 Å². The largest absolute Gasteiger partial charge is 0.478 e. The molecule has 120 valence electrons. The minimum atomic E-state index is -0.963. The summed E-state index contributed by atoms with van der Waals surface area (Å²) in [6.45, 7) is 10.5. The summed E-state index contributed by atoms with van der Waals surface area (Å²) in [5, 5.41) is 9.14. The average Bonchev–Trinajstić information content (AvgIpc) is 2.35. The maximum atomic E-state index is 12.3. The van der Waals surface area contributed by atoms with E-state index in [1.54, 1.807) is 17.0 Å². The number of hydrogen-bond acceptors (Lipinski definition) is 3. The van der Waals surface area contributed by atoms with Crippen molar-refractivity contribution in [3.63, 3.8) is 0 Å². The number of amides is 1. The third-order valence-corrected chi connectivity index (χ3v) is 3.68. The zero-order valence-corrected chi connectivity index (χ0v) is 13.8. The highest BCUT2D eigenvalue weighted by Gasteiger charge is 2.35. The SMILES string of the molecule is CC(C)(C)OC(=O)N1Cc2cc(C(=O)O)ccc2C(C)(C)C1. The fraction of sp³-hybridized carbons (Fsp3) is 0.529. The molecule has 0 spiro atoms. The third-order valence-electron chi connectivity index (χ3n) is 3.68. The van der Waals surface area contributed by atoms with Crippen LogP contribution in [-0.4, -0.2) is 34.2 Å². The molecule has 2 rings (SSSR count). The first kappa shape index (κ1) is 16.3. The number of carboxylic acid groups (broad SMARTS) is 1. The van der Waals surface area contributed by atoms with Gasteiger partial charge in [0.05, 0.1) is 5.56 Å². The normalized spacial score (nSPS) is 16.9. The summed E-state index contributed by atoms with van der Waals surface area (Å²) in [5.41, 5.74) is 1.38. The lowest BCUT2D eigenvalue weighted by molar-refractivity contribution is 0.0174. The van der Waals surface area contributed by atoms with Crippen LogP contribution in [0.3, 0.4) is 0 Å². The van der Waals surface area contributed by atoms with Crippen molar-refractivity contribution in [2.24, 2.45) is 0 Å². The van der Waals surface area contributed by atoms with Crippen molar-refractivity contribution < 1.29 is 19.4 Å². The van der Waals surface area contributed by atoms with Gasteiger partial charge in [-0.05, 0) is 44.0 Å². The minimum absolute atomic E-state index is 0.237. The van der Waals surface area contributed by atoms with Crippen LogP contribution in [0.4, 0.5) is 4.79 Å². The molecule has 1 aromatic carbocycles. The van der Waals surface area contributed by atoms with Gasteiger partial charge in [-0.2, -0.15) is 0 Å². The zero-order chi connectivity index (χ0) is 16.7. The number of fused-ring (bicyclic) bond motifs is 1. The van der Waals surface area contributed by atoms with Crippen LogP contribution in [0.5, 0.6) is 0 Å². The first-order chi connectivity index (χ1) is 9.99. The van der Waals surface area contributed by atoms with E-state index < -0.39 is 11.6 Å². The topological polar surface area (TPSA) is 66.8 Å². The Morgan fingerprint density at radius 1 is 1.27 bits per heavy atom. The van der Waals surface area contributed by atoms with E-state index in [9.17, 15) is 9.59 Å². The van der Waals surface area contributed by atoms with Crippen LogP contribution in [-0.2, 0) is 16.7 Å². The van der Waals surface area contributed by atoms with Crippen LogP contribution in [0.25, 0.3) is 0 Å². The highest BCUT2D eigenvalue weighted by molar-refractivity contribution is 5.88. The van der Waals surface area contributed by atoms with E-state index >= 15 is 0 Å². The molecule has 5 nitrogen and oxygen atoms in total. The summed E-state index contributed by atoms with van der Waals surface area (Å²) >= 11 is 0. The molecule has 0 radical (unpaired) electrons. The number of carbonyl (C=O) groups excluding carboxylic acids is 1. The molecule has 0 atom stereocenters. The second-order valence-corrected chi connectivity index (χ2v) is 7.40. The van der Waals surface area contributed by atoms with E-state index in [1.165, 1.54) is 0 Å². The van der Waals surface area contributed by atoms with Gasteiger partial charge < -0.3 is 14.7 Å². The molecular formula is C17H23NO4. The monoisotopic (exact) mass is 305 g/mol. The molecule has 0 aromatic heterocycles. The van der Waals surface area contributed by atoms with E-state index in [-0.39, 0.29) is 17.1 Å². The lowest BCUT2D eigenvalue weighted by Crippen LogP contribution is -2.46. The molecule has 0 fully saturated rings. The van der Waals surface area contributed by atoms with E-state index in [2.05, 4.69) is 0 Å². The summed E-state index contributed by atoms with van der Waals surface area (Å²) in [5.74, 6) is -0.963. The summed E-state index contributed by atoms with van der Waals surface area (Å²) in [6.07, 6.45) is -0.369. The van der Waals surface area contributed by atoms with Crippen LogP contribution in [0.15, 0.2) is 18.2 Å². The van der Waals surface area contributed by atoms with Crippen LogP contribution in [0, 0.1) is 0 Å². The molecule has 1 amide bonds. The Morgan fingerprint density at radius 3 is 2.45 bits per heavy atom. The molecule has 0 aliphatic carbocycles. The van der Waals surface area contributed by atoms with Crippen LogP contribution >= 0.6 is 0 Å². The average molecular weight is 305 g/mol. The number of hydrogen-bond donors (Lipinski definition) is 1. The van der Waals surface area contributed by atoms with Crippen molar-refractivity contribution in [3.05, 3.63) is 34.9 Å². The lowest BCUT2D eigenvalue weighted by atomic mass is 9.78. The van der Waals surface area contributed by atoms with Gasteiger partial charge in [-0.3, -0.25) is 0 Å². The summed E-state index contributed by atoms with van der Waals surface area (Å²) in [6, 6.07) is 5.12. The van der Waals surface area contributed by atoms with Crippen molar-refractivity contribution in [3.8, 4) is 0 Å². The van der Waals surface area contributed by atoms with E-state index in [0.29, 0.717) is 13.1 Å². The summed E-state index contributed by atoms with van der Waals surface area (Å²) < 4.78 is 5.43. The number of benzene rings is 1. The molecule has 0 unspecified atom stereocenters. The predicted octanol–water partition coefficient (Wildman–Crippen LogP) is 3.41. The van der Waals surface area contributed by atoms with E-state index in [1.807, 2.05) is 40.7 Å². The molecule has 1 aliphatic heterocycles. The number of ether oxygens (including phenoxy) is 1. The maximum Gasteiger partial charge on any atom is 0.410 e. The Balaban J connectivity index is 2.33. The standard InChI is InChI=1S/C17H23NO4/c1-16(2,3)22-15(21)18-9-12-8-11(14(19)20)6-7-13(12)17(4,5)10-18/h6-8H,9-10H2,1-5H3,(H,19,20). The van der Waals surface area contributed by atoms with Gasteiger partial charge >= 0.3 is 12.1 Å². The van der Waals surface area contributed by atoms with Crippen molar-refractivity contribution in [2.75, 3.05) is 6.54 Å². The van der Waals surface area contributed by atoms with E-state index in [4.69, 9.17) is 9.84 Å². The number of aromatic carboxylic acids is 1. The van der Waals surface area contributed by atoms with E-state index in [0.717, 1.165) is 11.1 Å². The highest BCUT2D eigenvalue weighted by Crippen LogP contribution is 2.34. The quantitative estimate of drug-likeness (QED) is 0.863. The second-order valence-electron chi connectivity index (χ2n) is 7.40. The van der Waals surface area contributed by atoms with Crippen molar-refractivity contribution >= 4 is 12.1 Å². The van der Waals surface area contributed by atoms with Gasteiger partial charge in [-0.25, -0.2) is 9.59 Å². The van der Waals surface area contributed by atoms with Gasteiger partial charge in [-0.15, -0.1) is 0 Å². The fourth-order valence-electron chi connectivity index (χ4n) is 2.80. The van der Waals surface area contributed by atoms with Crippen LogP contribution < -0.4 is 0 Å². The molecule has 1 heterocycles. The van der Waals surface area contributed by atoms with Gasteiger partial charge in [0, 0.05) is 18.5 Å². The first-order valence-corrected chi connectivity index (χ1v) is 7.34. The Kier molecular flexibility index (Phi) is 3.94. The van der Waals surface area contributed by atoms with Crippen molar-refractivity contribution in [2.45, 2.75) is 52.2 Å². The van der Waals surface area contributed by atoms with Gasteiger partial charge in [-0.1, -0.05) is 19.9 Å². The Hall–Kier alpha value is -2.04. The maximum absolute atomic E-state index is 12.3. The Morgan fingerprint density at radius 2 is 1.91 bits per heavy atom. The third kappa shape index (κ3) is 3.40. The molecule has 1 aromatic rings. The number of rotatable bonds is 1. The Bertz CT molecular complexity index is 614. The van der Waals surface area contributed by atoms with Gasteiger partial charge in [0.2, 0.25) is 0 Å². The number of carboxylic acids is 1. The molecule has 1 aliphatic rings. The first-order valence-electron chi connectivity index (χ1n) is 7.34. The van der Waals surface area contributed by atoms with Gasteiger partial charge in [0.1, 0.15) is 5.60 Å². The van der Waals surface area contributed by atoms with Crippen molar-refractivity contribution in [1.29, 1.82) is 0 Å². The Labute approximate surface area is 130 Å². The van der Waals surface area contributed by atoms with Crippen LogP contribution in [0.1, 0.15) is 56.1 Å². The molecular weight excluding hydrogens is 282 g/mol. The minimum Gasteiger partial charge on any atom is -0.478 e. The molecule has 0 saturated carbocycles. The summed E-state index contributed by atoms with van der Waals surface area (Å²) in [4.78, 5) is 25.1. The fourth-order valence-corrected chi connectivity index (χ4v) is 2.80. The zero-order valence-electron chi connectivity index (χ0n) is 13.8. The number of carbonyl (C=O) groups is 2. The molecule has 22 heavy (non-hydrogen) atoms. The second kappa shape index (κ2) is 5.30. The molecule has 5 heteroatoms. The summed E-state index contributed by atoms with van der Waals surface area (Å²) in [7, 11) is 0. The molecule has 0 saturated heterocycles. The smallest absolute Gasteiger partial charge is 0.410 e. The van der Waals surface area contributed by atoms with Crippen LogP contribution in [0.2, 0.25) is 0 Å². The van der Waals surface area contributed by atoms with Gasteiger partial charge in [0.25, 0.3) is 0 Å². The molecule has 0 bridgehead atoms. The lowest BCUT2D eigenvalue weighted by Gasteiger charge is -2.40.